The van der Waals surface area contributed by atoms with Gasteiger partial charge in [-0.15, -0.1) is 0 Å². The van der Waals surface area contributed by atoms with Crippen molar-refractivity contribution in [3.8, 4) is 5.69 Å². The van der Waals surface area contributed by atoms with Crippen LogP contribution in [0, 0.1) is 13.8 Å². The van der Waals surface area contributed by atoms with Crippen LogP contribution in [0.4, 0.5) is 13.2 Å². The van der Waals surface area contributed by atoms with Crippen LogP contribution in [0.15, 0.2) is 29.3 Å². The lowest BCUT2D eigenvalue weighted by molar-refractivity contribution is -0.138. The molecule has 0 aliphatic rings. The zero-order valence-electron chi connectivity index (χ0n) is 17.2. The maximum atomic E-state index is 13.7. The summed E-state index contributed by atoms with van der Waals surface area (Å²) in [6, 6.07) is 6.13. The van der Waals surface area contributed by atoms with E-state index in [9.17, 15) is 13.2 Å². The van der Waals surface area contributed by atoms with Crippen molar-refractivity contribution >= 4 is 17.7 Å². The predicted molar refractivity (Wildman–Crippen MR) is 114 cm³/mol. The van der Waals surface area contributed by atoms with E-state index in [1.165, 1.54) is 10.7 Å². The Balaban J connectivity index is 2.12. The van der Waals surface area contributed by atoms with E-state index in [1.807, 2.05) is 19.9 Å². The molecule has 0 unspecified atom stereocenters. The number of guanidine groups is 1. The first-order valence-electron chi connectivity index (χ1n) is 9.43. The Morgan fingerprint density at radius 3 is 2.52 bits per heavy atom. The van der Waals surface area contributed by atoms with Gasteiger partial charge in [-0.25, -0.2) is 4.68 Å². The number of hydrogen-bond donors (Lipinski definition) is 2. The number of alkyl halides is 3. The fourth-order valence-corrected chi connectivity index (χ4v) is 3.48. The Morgan fingerprint density at radius 1 is 1.17 bits per heavy atom. The van der Waals surface area contributed by atoms with Gasteiger partial charge in [0.1, 0.15) is 0 Å². The summed E-state index contributed by atoms with van der Waals surface area (Å²) in [6.07, 6.45) is -0.339. The second kappa shape index (κ2) is 10.6. The summed E-state index contributed by atoms with van der Waals surface area (Å²) >= 11 is 1.79. The first-order chi connectivity index (χ1) is 13.8. The van der Waals surface area contributed by atoms with Crippen molar-refractivity contribution in [2.45, 2.75) is 39.4 Å². The Hall–Kier alpha value is -2.16. The molecule has 0 amide bonds. The smallest absolute Gasteiger partial charge is 0.356 e. The summed E-state index contributed by atoms with van der Waals surface area (Å²) in [7, 11) is 1.60. The number of thioether (sulfide) groups is 1. The molecule has 2 aromatic rings. The normalized spacial score (nSPS) is 12.3. The van der Waals surface area contributed by atoms with Gasteiger partial charge in [-0.3, -0.25) is 4.99 Å². The van der Waals surface area contributed by atoms with E-state index in [4.69, 9.17) is 0 Å². The van der Waals surface area contributed by atoms with Gasteiger partial charge in [0, 0.05) is 25.8 Å². The van der Waals surface area contributed by atoms with Crippen LogP contribution in [0.5, 0.6) is 0 Å². The van der Waals surface area contributed by atoms with Crippen molar-refractivity contribution in [3.63, 3.8) is 0 Å². The van der Waals surface area contributed by atoms with E-state index < -0.39 is 11.7 Å². The van der Waals surface area contributed by atoms with Crippen molar-refractivity contribution in [3.05, 3.63) is 46.8 Å². The van der Waals surface area contributed by atoms with Crippen LogP contribution in [0.1, 0.15) is 35.4 Å². The largest absolute Gasteiger partial charge is 0.416 e. The molecule has 160 valence electrons. The van der Waals surface area contributed by atoms with Gasteiger partial charge in [0.2, 0.25) is 0 Å². The summed E-state index contributed by atoms with van der Waals surface area (Å²) in [5, 5.41) is 10.4. The van der Waals surface area contributed by atoms with Crippen LogP contribution in [-0.2, 0) is 12.7 Å². The number of benzene rings is 1. The van der Waals surface area contributed by atoms with Crippen molar-refractivity contribution in [2.24, 2.45) is 4.99 Å². The Kier molecular flexibility index (Phi) is 8.43. The number of nitrogens with zero attached hydrogens (tertiary/aromatic N) is 3. The molecule has 0 radical (unpaired) electrons. The minimum absolute atomic E-state index is 0.0245. The van der Waals surface area contributed by atoms with Gasteiger partial charge in [-0.1, -0.05) is 6.07 Å². The number of unbranched alkanes of at least 4 members (excludes halogenated alkanes) is 1. The predicted octanol–water partition coefficient (Wildman–Crippen LogP) is 4.32. The molecule has 0 fully saturated rings. The fraction of sp³-hybridized carbons (Fsp3) is 0.500. The molecule has 0 saturated carbocycles. The third-order valence-electron chi connectivity index (χ3n) is 4.39. The van der Waals surface area contributed by atoms with Crippen molar-refractivity contribution in [1.29, 1.82) is 0 Å². The summed E-state index contributed by atoms with van der Waals surface area (Å²) in [5.74, 6) is 1.58. The molecule has 2 rings (SSSR count). The number of rotatable bonds is 8. The monoisotopic (exact) mass is 427 g/mol. The molecule has 9 heteroatoms. The van der Waals surface area contributed by atoms with E-state index in [1.54, 1.807) is 24.9 Å². The third-order valence-corrected chi connectivity index (χ3v) is 5.09. The molecular weight excluding hydrogens is 399 g/mol. The van der Waals surface area contributed by atoms with E-state index in [-0.39, 0.29) is 12.1 Å². The minimum atomic E-state index is -4.46. The Labute approximate surface area is 174 Å². The average Bonchev–Trinajstić information content (AvgIpc) is 3.01. The van der Waals surface area contributed by atoms with Gasteiger partial charge in [0.15, 0.2) is 5.96 Å². The molecule has 2 N–H and O–H groups in total. The van der Waals surface area contributed by atoms with Gasteiger partial charge in [-0.05, 0) is 62.5 Å². The molecular formula is C20H28F3N5S. The number of aliphatic imine (C=N–C) groups is 1. The second-order valence-electron chi connectivity index (χ2n) is 6.73. The van der Waals surface area contributed by atoms with Gasteiger partial charge in [0.05, 0.1) is 16.9 Å². The van der Waals surface area contributed by atoms with E-state index in [0.717, 1.165) is 42.6 Å². The second-order valence-corrected chi connectivity index (χ2v) is 7.72. The average molecular weight is 428 g/mol. The summed E-state index contributed by atoms with van der Waals surface area (Å²) in [6.45, 7) is 4.38. The number of aryl methyl sites for hydroxylation is 2. The lowest BCUT2D eigenvalue weighted by Gasteiger charge is -2.17. The molecule has 1 aromatic heterocycles. The minimum Gasteiger partial charge on any atom is -0.356 e. The van der Waals surface area contributed by atoms with Crippen molar-refractivity contribution in [1.82, 2.24) is 20.4 Å². The highest BCUT2D eigenvalue weighted by Gasteiger charge is 2.33. The quantitative estimate of drug-likeness (QED) is 0.374. The van der Waals surface area contributed by atoms with Gasteiger partial charge in [-0.2, -0.15) is 30.0 Å². The van der Waals surface area contributed by atoms with Crippen LogP contribution >= 0.6 is 11.8 Å². The number of aromatic nitrogens is 2. The lowest BCUT2D eigenvalue weighted by Crippen LogP contribution is -2.37. The highest BCUT2D eigenvalue weighted by atomic mass is 32.2. The molecule has 5 nitrogen and oxygen atoms in total. The van der Waals surface area contributed by atoms with Crippen LogP contribution in [0.3, 0.4) is 0 Å². The molecule has 0 atom stereocenters. The molecule has 29 heavy (non-hydrogen) atoms. The highest BCUT2D eigenvalue weighted by molar-refractivity contribution is 7.98. The van der Waals surface area contributed by atoms with Crippen molar-refractivity contribution in [2.75, 3.05) is 25.6 Å². The molecule has 0 aliphatic carbocycles. The molecule has 1 heterocycles. The molecule has 0 bridgehead atoms. The van der Waals surface area contributed by atoms with Gasteiger partial charge < -0.3 is 10.6 Å². The Morgan fingerprint density at radius 2 is 1.93 bits per heavy atom. The van der Waals surface area contributed by atoms with Crippen LogP contribution < -0.4 is 10.6 Å². The topological polar surface area (TPSA) is 54.2 Å². The van der Waals surface area contributed by atoms with Gasteiger partial charge in [0.25, 0.3) is 0 Å². The molecule has 0 saturated heterocycles. The first kappa shape index (κ1) is 23.1. The summed E-state index contributed by atoms with van der Waals surface area (Å²) in [4.78, 5) is 4.09. The van der Waals surface area contributed by atoms with Crippen molar-refractivity contribution < 1.29 is 13.2 Å². The van der Waals surface area contributed by atoms with Crippen LogP contribution in [0.2, 0.25) is 0 Å². The Bertz CT molecular complexity index is 830. The molecule has 0 aliphatic heterocycles. The van der Waals surface area contributed by atoms with E-state index in [0.29, 0.717) is 11.6 Å². The van der Waals surface area contributed by atoms with E-state index in [2.05, 4.69) is 27.0 Å². The number of halogens is 3. The number of nitrogens with one attached hydrogen (secondary N) is 2. The zero-order valence-corrected chi connectivity index (χ0v) is 18.0. The molecule has 0 spiro atoms. The zero-order chi connectivity index (χ0) is 21.4. The van der Waals surface area contributed by atoms with E-state index >= 15 is 0 Å². The van der Waals surface area contributed by atoms with Gasteiger partial charge >= 0.3 is 6.18 Å². The maximum Gasteiger partial charge on any atom is 0.416 e. The standard InChI is InChI=1S/C20H28F3N5S/c1-14-11-15(2)28(27-14)17-8-7-16(18(12-17)20(21,22)23)13-26-19(24-3)25-9-5-6-10-29-4/h7-8,11-12H,5-6,9-10,13H2,1-4H3,(H2,24,25,26). The van der Waals surface area contributed by atoms with Crippen LogP contribution in [0.25, 0.3) is 5.69 Å². The lowest BCUT2D eigenvalue weighted by atomic mass is 10.1. The first-order valence-corrected chi connectivity index (χ1v) is 10.8. The summed E-state index contributed by atoms with van der Waals surface area (Å²) < 4.78 is 42.5. The molecule has 1 aromatic carbocycles. The summed E-state index contributed by atoms with van der Waals surface area (Å²) in [5.41, 5.74) is 1.42. The highest BCUT2D eigenvalue weighted by Crippen LogP contribution is 2.33. The maximum absolute atomic E-state index is 13.7. The number of hydrogen-bond acceptors (Lipinski definition) is 3. The third kappa shape index (κ3) is 6.69. The SMILES string of the molecule is CN=C(NCCCCSC)NCc1ccc(-n2nc(C)cc2C)cc1C(F)(F)F. The fourth-order valence-electron chi connectivity index (χ4n) is 2.98. The van der Waals surface area contributed by atoms with Crippen LogP contribution in [-0.4, -0.2) is 41.3 Å².